The molecule has 1 atom stereocenters. The first-order chi connectivity index (χ1) is 9.75. The highest BCUT2D eigenvalue weighted by atomic mass is 16.5. The van der Waals surface area contributed by atoms with Crippen molar-refractivity contribution in [2.24, 2.45) is 11.3 Å². The molecule has 1 N–H and O–H groups in total. The molecule has 3 heteroatoms. The van der Waals surface area contributed by atoms with Gasteiger partial charge in [0.25, 0.3) is 0 Å². The number of hydrogen-bond acceptors (Lipinski definition) is 3. The minimum absolute atomic E-state index is 0.153. The summed E-state index contributed by atoms with van der Waals surface area (Å²) in [4.78, 5) is 12.0. The van der Waals surface area contributed by atoms with Gasteiger partial charge in [0, 0.05) is 13.1 Å². The van der Waals surface area contributed by atoms with Gasteiger partial charge in [0.15, 0.2) is 0 Å². The summed E-state index contributed by atoms with van der Waals surface area (Å²) in [6.07, 6.45) is 5.53. The van der Waals surface area contributed by atoms with Crippen molar-refractivity contribution in [3.05, 3.63) is 35.9 Å². The monoisotopic (exact) mass is 273 g/mol. The predicted octanol–water partition coefficient (Wildman–Crippen LogP) is 2.72. The first kappa shape index (κ1) is 13.6. The molecule has 2 aliphatic rings. The van der Waals surface area contributed by atoms with Crippen molar-refractivity contribution in [1.29, 1.82) is 0 Å². The fourth-order valence-electron chi connectivity index (χ4n) is 3.22. The maximum Gasteiger partial charge on any atom is 0.314 e. The third-order valence-corrected chi connectivity index (χ3v) is 4.85. The zero-order chi connectivity index (χ0) is 14.0. The summed E-state index contributed by atoms with van der Waals surface area (Å²) in [6, 6.07) is 9.90. The van der Waals surface area contributed by atoms with E-state index in [2.05, 4.69) is 5.32 Å². The molecule has 0 bridgehead atoms. The molecule has 0 aromatic heterocycles. The maximum atomic E-state index is 12.0. The number of carbonyl (C=O) groups is 1. The minimum atomic E-state index is -0.198. The quantitative estimate of drug-likeness (QED) is 0.776. The van der Waals surface area contributed by atoms with Crippen molar-refractivity contribution in [2.45, 2.75) is 31.6 Å². The largest absolute Gasteiger partial charge is 0.469 e. The van der Waals surface area contributed by atoms with Crippen LogP contribution in [0, 0.1) is 11.3 Å². The van der Waals surface area contributed by atoms with Crippen LogP contribution in [0.2, 0.25) is 0 Å². The standard InChI is InChI=1S/C17H23NO2/c1-20-16(19)15(13-5-3-2-4-6-13)11-18-12-17(9-10-17)14-7-8-14/h2-6,14-15,18H,7-12H2,1H3. The molecular formula is C17H23NO2. The van der Waals surface area contributed by atoms with Crippen LogP contribution in [0.5, 0.6) is 0 Å². The summed E-state index contributed by atoms with van der Waals surface area (Å²) < 4.78 is 4.95. The number of benzene rings is 1. The molecule has 108 valence electrons. The number of ether oxygens (including phenoxy) is 1. The van der Waals surface area contributed by atoms with Crippen molar-refractivity contribution in [3.63, 3.8) is 0 Å². The molecule has 0 amide bonds. The summed E-state index contributed by atoms with van der Waals surface area (Å²) in [5, 5.41) is 3.52. The van der Waals surface area contributed by atoms with Gasteiger partial charge in [-0.15, -0.1) is 0 Å². The average molecular weight is 273 g/mol. The summed E-state index contributed by atoms with van der Waals surface area (Å²) in [5.74, 6) is 0.597. The van der Waals surface area contributed by atoms with E-state index >= 15 is 0 Å². The summed E-state index contributed by atoms with van der Waals surface area (Å²) in [7, 11) is 1.46. The van der Waals surface area contributed by atoms with Gasteiger partial charge in [-0.3, -0.25) is 4.79 Å². The smallest absolute Gasteiger partial charge is 0.314 e. The van der Waals surface area contributed by atoms with Crippen LogP contribution in [-0.4, -0.2) is 26.2 Å². The molecule has 0 heterocycles. The van der Waals surface area contributed by atoms with Gasteiger partial charge in [0.2, 0.25) is 0 Å². The molecule has 3 rings (SSSR count). The lowest BCUT2D eigenvalue weighted by Crippen LogP contribution is -2.32. The van der Waals surface area contributed by atoms with Gasteiger partial charge < -0.3 is 10.1 Å². The molecule has 1 aromatic rings. The molecule has 2 saturated carbocycles. The lowest BCUT2D eigenvalue weighted by molar-refractivity contribution is -0.142. The van der Waals surface area contributed by atoms with Gasteiger partial charge in [0.1, 0.15) is 0 Å². The normalized spacial score (nSPS) is 21.2. The molecule has 2 fully saturated rings. The Hall–Kier alpha value is -1.35. The van der Waals surface area contributed by atoms with Crippen LogP contribution in [0.15, 0.2) is 30.3 Å². The van der Waals surface area contributed by atoms with E-state index in [0.29, 0.717) is 12.0 Å². The Morgan fingerprint density at radius 2 is 2.05 bits per heavy atom. The van der Waals surface area contributed by atoms with E-state index in [1.54, 1.807) is 0 Å². The van der Waals surface area contributed by atoms with Crippen molar-refractivity contribution in [1.82, 2.24) is 5.32 Å². The van der Waals surface area contributed by atoms with E-state index in [1.165, 1.54) is 32.8 Å². The second-order valence-corrected chi connectivity index (χ2v) is 6.25. The van der Waals surface area contributed by atoms with Crippen LogP contribution in [0.1, 0.15) is 37.2 Å². The summed E-state index contributed by atoms with van der Waals surface area (Å²) >= 11 is 0. The SMILES string of the molecule is COC(=O)C(CNCC1(C2CC2)CC1)c1ccccc1. The zero-order valence-electron chi connectivity index (χ0n) is 12.1. The van der Waals surface area contributed by atoms with E-state index in [0.717, 1.165) is 18.0 Å². The molecule has 1 aromatic carbocycles. The Balaban J connectivity index is 1.58. The molecule has 0 spiro atoms. The molecule has 20 heavy (non-hydrogen) atoms. The maximum absolute atomic E-state index is 12.0. The Bertz CT molecular complexity index is 463. The van der Waals surface area contributed by atoms with Gasteiger partial charge in [-0.1, -0.05) is 30.3 Å². The summed E-state index contributed by atoms with van der Waals surface area (Å²) in [5.41, 5.74) is 1.60. The van der Waals surface area contributed by atoms with Crippen LogP contribution < -0.4 is 5.32 Å². The number of esters is 1. The van der Waals surface area contributed by atoms with Gasteiger partial charge >= 0.3 is 5.97 Å². The van der Waals surface area contributed by atoms with Gasteiger partial charge in [-0.2, -0.15) is 0 Å². The van der Waals surface area contributed by atoms with Crippen LogP contribution in [-0.2, 0) is 9.53 Å². The van der Waals surface area contributed by atoms with E-state index < -0.39 is 0 Å². The first-order valence-electron chi connectivity index (χ1n) is 7.59. The zero-order valence-corrected chi connectivity index (χ0v) is 12.1. The molecule has 0 aliphatic heterocycles. The molecule has 0 saturated heterocycles. The number of nitrogens with one attached hydrogen (secondary N) is 1. The molecular weight excluding hydrogens is 250 g/mol. The first-order valence-corrected chi connectivity index (χ1v) is 7.59. The van der Waals surface area contributed by atoms with Crippen LogP contribution in [0.3, 0.4) is 0 Å². The van der Waals surface area contributed by atoms with E-state index in [1.807, 2.05) is 30.3 Å². The fraction of sp³-hybridized carbons (Fsp3) is 0.588. The van der Waals surface area contributed by atoms with Crippen LogP contribution in [0.25, 0.3) is 0 Å². The van der Waals surface area contributed by atoms with Gasteiger partial charge in [-0.05, 0) is 42.6 Å². The second-order valence-electron chi connectivity index (χ2n) is 6.25. The number of methoxy groups -OCH3 is 1. The van der Waals surface area contributed by atoms with Crippen molar-refractivity contribution in [2.75, 3.05) is 20.2 Å². The lowest BCUT2D eigenvalue weighted by Gasteiger charge is -2.19. The predicted molar refractivity (Wildman–Crippen MR) is 78.5 cm³/mol. The molecule has 3 nitrogen and oxygen atoms in total. The molecule has 1 unspecified atom stereocenters. The Labute approximate surface area is 120 Å². The Morgan fingerprint density at radius 1 is 1.35 bits per heavy atom. The topological polar surface area (TPSA) is 38.3 Å². The van der Waals surface area contributed by atoms with Crippen molar-refractivity contribution >= 4 is 5.97 Å². The van der Waals surface area contributed by atoms with Crippen molar-refractivity contribution in [3.8, 4) is 0 Å². The highest BCUT2D eigenvalue weighted by molar-refractivity contribution is 5.78. The lowest BCUT2D eigenvalue weighted by atomic mass is 9.97. The fourth-order valence-corrected chi connectivity index (χ4v) is 3.22. The highest BCUT2D eigenvalue weighted by Crippen LogP contribution is 2.60. The number of rotatable bonds is 7. The molecule has 0 radical (unpaired) electrons. The Kier molecular flexibility index (Phi) is 3.79. The average Bonchev–Trinajstić information content (AvgIpc) is 3.37. The van der Waals surface area contributed by atoms with E-state index in [9.17, 15) is 4.79 Å². The number of hydrogen-bond donors (Lipinski definition) is 1. The van der Waals surface area contributed by atoms with E-state index in [4.69, 9.17) is 4.74 Å². The minimum Gasteiger partial charge on any atom is -0.469 e. The van der Waals surface area contributed by atoms with Gasteiger partial charge in [0.05, 0.1) is 13.0 Å². The third kappa shape index (κ3) is 2.88. The highest BCUT2D eigenvalue weighted by Gasteiger charge is 2.53. The van der Waals surface area contributed by atoms with Crippen molar-refractivity contribution < 1.29 is 9.53 Å². The number of carbonyl (C=O) groups excluding carboxylic acids is 1. The van der Waals surface area contributed by atoms with Crippen LogP contribution >= 0.6 is 0 Å². The Morgan fingerprint density at radius 3 is 2.60 bits per heavy atom. The molecule has 2 aliphatic carbocycles. The second kappa shape index (κ2) is 5.57. The van der Waals surface area contributed by atoms with E-state index in [-0.39, 0.29) is 11.9 Å². The van der Waals surface area contributed by atoms with Crippen LogP contribution in [0.4, 0.5) is 0 Å². The van der Waals surface area contributed by atoms with Gasteiger partial charge in [-0.25, -0.2) is 0 Å². The summed E-state index contributed by atoms with van der Waals surface area (Å²) in [6.45, 7) is 1.73. The third-order valence-electron chi connectivity index (χ3n) is 4.85.